The lowest BCUT2D eigenvalue weighted by molar-refractivity contribution is 0.567. The van der Waals surface area contributed by atoms with Crippen molar-refractivity contribution < 1.29 is 0 Å². The van der Waals surface area contributed by atoms with E-state index in [1.807, 2.05) is 35.9 Å². The highest BCUT2D eigenvalue weighted by atomic mass is 35.5. The quantitative estimate of drug-likeness (QED) is 0.899. The summed E-state index contributed by atoms with van der Waals surface area (Å²) in [7, 11) is 0. The van der Waals surface area contributed by atoms with Crippen molar-refractivity contribution in [3.05, 3.63) is 47.0 Å². The summed E-state index contributed by atoms with van der Waals surface area (Å²) in [4.78, 5) is 4.23. The molecular weight excluding hydrogens is 248 g/mol. The molecule has 4 nitrogen and oxygen atoms in total. The predicted octanol–water partition coefficient (Wildman–Crippen LogP) is 2.06. The van der Waals surface area contributed by atoms with Crippen molar-refractivity contribution in [2.45, 2.75) is 32.4 Å². The molecule has 0 saturated heterocycles. The summed E-state index contributed by atoms with van der Waals surface area (Å²) in [5, 5.41) is 4.88. The van der Waals surface area contributed by atoms with Gasteiger partial charge in [0.15, 0.2) is 0 Å². The summed E-state index contributed by atoms with van der Waals surface area (Å²) in [6.07, 6.45) is 3.09. The molecule has 2 rings (SSSR count). The van der Waals surface area contributed by atoms with Crippen molar-refractivity contribution in [1.82, 2.24) is 14.8 Å². The number of hydrogen-bond acceptors (Lipinski definition) is 3. The Morgan fingerprint density at radius 1 is 1.39 bits per heavy atom. The van der Waals surface area contributed by atoms with Gasteiger partial charge in [-0.05, 0) is 31.0 Å². The first-order valence-electron chi connectivity index (χ1n) is 6.05. The fourth-order valence-corrected chi connectivity index (χ4v) is 2.20. The summed E-state index contributed by atoms with van der Waals surface area (Å²) in [5.41, 5.74) is 7.30. The highest BCUT2D eigenvalue weighted by molar-refractivity contribution is 6.30. The number of hydrogen-bond donors (Lipinski definition) is 1. The lowest BCUT2D eigenvalue weighted by Crippen LogP contribution is -2.27. The molecule has 1 unspecified atom stereocenters. The van der Waals surface area contributed by atoms with Crippen molar-refractivity contribution in [3.63, 3.8) is 0 Å². The fraction of sp³-hybridized carbons (Fsp3) is 0.385. The zero-order valence-corrected chi connectivity index (χ0v) is 11.1. The number of benzene rings is 1. The maximum absolute atomic E-state index is 6.15. The van der Waals surface area contributed by atoms with Crippen LogP contribution in [0.25, 0.3) is 0 Å². The normalized spacial score (nSPS) is 12.6. The molecule has 2 N–H and O–H groups in total. The third-order valence-electron chi connectivity index (χ3n) is 2.83. The summed E-state index contributed by atoms with van der Waals surface area (Å²) >= 11 is 5.95. The van der Waals surface area contributed by atoms with E-state index in [2.05, 4.69) is 10.1 Å². The Kier molecular flexibility index (Phi) is 4.33. The second-order valence-electron chi connectivity index (χ2n) is 4.29. The smallest absolute Gasteiger partial charge is 0.138 e. The van der Waals surface area contributed by atoms with E-state index in [0.717, 1.165) is 35.8 Å². The van der Waals surface area contributed by atoms with Crippen LogP contribution in [0.1, 0.15) is 18.3 Å². The van der Waals surface area contributed by atoms with Crippen LogP contribution in [0.2, 0.25) is 5.02 Å². The molecule has 0 aliphatic heterocycles. The van der Waals surface area contributed by atoms with E-state index in [1.165, 1.54) is 0 Å². The molecule has 0 bridgehead atoms. The zero-order chi connectivity index (χ0) is 13.0. The van der Waals surface area contributed by atoms with Crippen LogP contribution in [0.5, 0.6) is 0 Å². The molecule has 0 amide bonds. The Hall–Kier alpha value is -1.39. The third-order valence-corrected chi connectivity index (χ3v) is 3.06. The summed E-state index contributed by atoms with van der Waals surface area (Å²) in [5.74, 6) is 0.937. The highest BCUT2D eigenvalue weighted by Gasteiger charge is 2.10. The van der Waals surface area contributed by atoms with Crippen LogP contribution < -0.4 is 5.73 Å². The first kappa shape index (κ1) is 13.1. The standard InChI is InChI=1S/C13H17ClN4/c1-2-18-13(16-9-17-18)8-12(15)7-10-4-3-5-11(14)6-10/h3-6,9,12H,2,7-8,15H2,1H3. The molecule has 1 heterocycles. The molecule has 1 atom stereocenters. The van der Waals surface area contributed by atoms with Crippen molar-refractivity contribution in [1.29, 1.82) is 0 Å². The van der Waals surface area contributed by atoms with Crippen LogP contribution in [0.4, 0.5) is 0 Å². The van der Waals surface area contributed by atoms with Gasteiger partial charge < -0.3 is 5.73 Å². The van der Waals surface area contributed by atoms with E-state index in [1.54, 1.807) is 6.33 Å². The Morgan fingerprint density at radius 3 is 2.94 bits per heavy atom. The topological polar surface area (TPSA) is 56.7 Å². The molecule has 18 heavy (non-hydrogen) atoms. The van der Waals surface area contributed by atoms with Gasteiger partial charge in [-0.1, -0.05) is 23.7 Å². The van der Waals surface area contributed by atoms with Gasteiger partial charge in [-0.25, -0.2) is 4.98 Å². The Morgan fingerprint density at radius 2 is 2.22 bits per heavy atom. The maximum Gasteiger partial charge on any atom is 0.138 e. The Labute approximate surface area is 112 Å². The second kappa shape index (κ2) is 5.98. The van der Waals surface area contributed by atoms with E-state index in [-0.39, 0.29) is 6.04 Å². The summed E-state index contributed by atoms with van der Waals surface area (Å²) < 4.78 is 1.87. The molecule has 1 aromatic carbocycles. The van der Waals surface area contributed by atoms with Crippen molar-refractivity contribution in [3.8, 4) is 0 Å². The van der Waals surface area contributed by atoms with Gasteiger partial charge in [-0.15, -0.1) is 0 Å². The van der Waals surface area contributed by atoms with Crippen LogP contribution in [-0.2, 0) is 19.4 Å². The Bertz CT molecular complexity index is 509. The molecule has 0 aliphatic carbocycles. The lowest BCUT2D eigenvalue weighted by atomic mass is 10.0. The third kappa shape index (κ3) is 3.31. The van der Waals surface area contributed by atoms with Gasteiger partial charge in [0.25, 0.3) is 0 Å². The SMILES string of the molecule is CCn1ncnc1CC(N)Cc1cccc(Cl)c1. The molecule has 0 radical (unpaired) electrons. The molecule has 2 aromatic rings. The van der Waals surface area contributed by atoms with E-state index in [9.17, 15) is 0 Å². The van der Waals surface area contributed by atoms with E-state index in [0.29, 0.717) is 0 Å². The predicted molar refractivity (Wildman–Crippen MR) is 72.5 cm³/mol. The minimum absolute atomic E-state index is 0.0259. The molecule has 96 valence electrons. The van der Waals surface area contributed by atoms with Gasteiger partial charge in [0.2, 0.25) is 0 Å². The van der Waals surface area contributed by atoms with Gasteiger partial charge in [-0.3, -0.25) is 4.68 Å². The number of aryl methyl sites for hydroxylation is 1. The average molecular weight is 265 g/mol. The number of halogens is 1. The largest absolute Gasteiger partial charge is 0.327 e. The number of nitrogens with two attached hydrogens (primary N) is 1. The highest BCUT2D eigenvalue weighted by Crippen LogP contribution is 2.13. The summed E-state index contributed by atoms with van der Waals surface area (Å²) in [6, 6.07) is 7.82. The van der Waals surface area contributed by atoms with Gasteiger partial charge in [0.1, 0.15) is 12.2 Å². The molecule has 5 heteroatoms. The second-order valence-corrected chi connectivity index (χ2v) is 4.73. The van der Waals surface area contributed by atoms with Crippen LogP contribution in [0, 0.1) is 0 Å². The maximum atomic E-state index is 6.15. The molecule has 0 saturated carbocycles. The van der Waals surface area contributed by atoms with Gasteiger partial charge in [0, 0.05) is 24.0 Å². The summed E-state index contributed by atoms with van der Waals surface area (Å²) in [6.45, 7) is 2.86. The molecule has 0 aliphatic rings. The monoisotopic (exact) mass is 264 g/mol. The molecule has 0 spiro atoms. The van der Waals surface area contributed by atoms with Crippen LogP contribution >= 0.6 is 11.6 Å². The van der Waals surface area contributed by atoms with Crippen molar-refractivity contribution in [2.75, 3.05) is 0 Å². The van der Waals surface area contributed by atoms with E-state index in [4.69, 9.17) is 17.3 Å². The fourth-order valence-electron chi connectivity index (χ4n) is 1.98. The number of aromatic nitrogens is 3. The van der Waals surface area contributed by atoms with Gasteiger partial charge in [-0.2, -0.15) is 5.10 Å². The first-order chi connectivity index (χ1) is 8.69. The minimum Gasteiger partial charge on any atom is -0.327 e. The molecule has 1 aromatic heterocycles. The van der Waals surface area contributed by atoms with Crippen molar-refractivity contribution in [2.24, 2.45) is 5.73 Å². The van der Waals surface area contributed by atoms with Gasteiger partial charge in [0.05, 0.1) is 0 Å². The Balaban J connectivity index is 1.98. The average Bonchev–Trinajstić information content (AvgIpc) is 2.76. The van der Waals surface area contributed by atoms with Crippen molar-refractivity contribution >= 4 is 11.6 Å². The molecule has 0 fully saturated rings. The lowest BCUT2D eigenvalue weighted by Gasteiger charge is -2.11. The first-order valence-corrected chi connectivity index (χ1v) is 6.43. The number of nitrogens with zero attached hydrogens (tertiary/aromatic N) is 3. The van der Waals surface area contributed by atoms with E-state index >= 15 is 0 Å². The van der Waals surface area contributed by atoms with Crippen LogP contribution in [-0.4, -0.2) is 20.8 Å². The molecular formula is C13H17ClN4. The zero-order valence-electron chi connectivity index (χ0n) is 10.4. The van der Waals surface area contributed by atoms with E-state index < -0.39 is 0 Å². The van der Waals surface area contributed by atoms with Gasteiger partial charge >= 0.3 is 0 Å². The van der Waals surface area contributed by atoms with Crippen LogP contribution in [0.15, 0.2) is 30.6 Å². The van der Waals surface area contributed by atoms with Crippen LogP contribution in [0.3, 0.4) is 0 Å². The minimum atomic E-state index is 0.0259. The number of rotatable bonds is 5.